The highest BCUT2D eigenvalue weighted by molar-refractivity contribution is 5.96. The second kappa shape index (κ2) is 9.81. The van der Waals surface area contributed by atoms with E-state index in [1.165, 1.54) is 6.07 Å². The quantitative estimate of drug-likeness (QED) is 0.658. The zero-order valence-corrected chi connectivity index (χ0v) is 15.9. The molecule has 2 aromatic rings. The van der Waals surface area contributed by atoms with Crippen LogP contribution in [0, 0.1) is 0 Å². The van der Waals surface area contributed by atoms with Crippen molar-refractivity contribution in [2.24, 2.45) is 0 Å². The Morgan fingerprint density at radius 3 is 2.10 bits per heavy atom. The molecule has 0 aromatic heterocycles. The number of nitrogens with one attached hydrogen (secondary N) is 2. The Balaban J connectivity index is 1.51. The molecule has 8 heteroatoms. The van der Waals surface area contributed by atoms with E-state index in [1.54, 1.807) is 42.5 Å². The summed E-state index contributed by atoms with van der Waals surface area (Å²) in [6.45, 7) is 3.06. The monoisotopic (exact) mass is 397 g/mol. The standard InChI is InChI=1S/C21H23N3O5/c25-19(13-15-3-1-2-4-18(15)21(27)28)22-16-5-7-17(8-6-16)23-20(26)14-24-9-11-29-12-10-24/h1-8H,9-14H2,(H,22,25)(H,23,26)(H,27,28). The number of amides is 2. The van der Waals surface area contributed by atoms with Crippen molar-refractivity contribution in [2.75, 3.05) is 43.5 Å². The van der Waals surface area contributed by atoms with Crippen LogP contribution in [0.5, 0.6) is 0 Å². The van der Waals surface area contributed by atoms with E-state index in [0.29, 0.717) is 36.7 Å². The molecule has 1 aliphatic rings. The van der Waals surface area contributed by atoms with Crippen LogP contribution >= 0.6 is 0 Å². The third kappa shape index (κ3) is 6.13. The van der Waals surface area contributed by atoms with Crippen LogP contribution in [0.3, 0.4) is 0 Å². The minimum atomic E-state index is -1.06. The number of carboxylic acid groups (broad SMARTS) is 1. The maximum absolute atomic E-state index is 12.3. The molecule has 0 bridgehead atoms. The van der Waals surface area contributed by atoms with E-state index in [0.717, 1.165) is 13.1 Å². The Morgan fingerprint density at radius 1 is 0.897 bits per heavy atom. The topological polar surface area (TPSA) is 108 Å². The lowest BCUT2D eigenvalue weighted by atomic mass is 10.0. The zero-order valence-electron chi connectivity index (χ0n) is 15.9. The number of benzene rings is 2. The third-order valence-electron chi connectivity index (χ3n) is 4.52. The summed E-state index contributed by atoms with van der Waals surface area (Å²) in [5.41, 5.74) is 1.76. The largest absolute Gasteiger partial charge is 0.478 e. The molecule has 29 heavy (non-hydrogen) atoms. The summed E-state index contributed by atoms with van der Waals surface area (Å²) in [7, 11) is 0. The Kier molecular flexibility index (Phi) is 6.94. The van der Waals surface area contributed by atoms with Crippen molar-refractivity contribution in [2.45, 2.75) is 6.42 Å². The number of carbonyl (C=O) groups excluding carboxylic acids is 2. The molecule has 2 aromatic carbocycles. The number of morpholine rings is 1. The van der Waals surface area contributed by atoms with E-state index < -0.39 is 5.97 Å². The molecule has 0 atom stereocenters. The molecule has 0 spiro atoms. The summed E-state index contributed by atoms with van der Waals surface area (Å²) in [6.07, 6.45) is -0.0412. The molecule has 152 valence electrons. The highest BCUT2D eigenvalue weighted by atomic mass is 16.5. The molecule has 1 fully saturated rings. The van der Waals surface area contributed by atoms with Gasteiger partial charge in [-0.2, -0.15) is 0 Å². The van der Waals surface area contributed by atoms with E-state index in [-0.39, 0.29) is 23.8 Å². The van der Waals surface area contributed by atoms with Crippen molar-refractivity contribution in [3.8, 4) is 0 Å². The van der Waals surface area contributed by atoms with Crippen molar-refractivity contribution in [1.82, 2.24) is 4.90 Å². The number of hydrogen-bond acceptors (Lipinski definition) is 5. The minimum absolute atomic E-state index is 0.0412. The van der Waals surface area contributed by atoms with Crippen molar-refractivity contribution in [1.29, 1.82) is 0 Å². The van der Waals surface area contributed by atoms with Gasteiger partial charge >= 0.3 is 5.97 Å². The van der Waals surface area contributed by atoms with Gasteiger partial charge in [0.15, 0.2) is 0 Å². The predicted molar refractivity (Wildman–Crippen MR) is 108 cm³/mol. The molecule has 3 rings (SSSR count). The third-order valence-corrected chi connectivity index (χ3v) is 4.52. The molecule has 0 unspecified atom stereocenters. The molecule has 1 aliphatic heterocycles. The molecule has 8 nitrogen and oxygen atoms in total. The average Bonchev–Trinajstić information content (AvgIpc) is 2.70. The number of carboxylic acids is 1. The molecule has 3 N–H and O–H groups in total. The maximum Gasteiger partial charge on any atom is 0.335 e. The predicted octanol–water partition coefficient (Wildman–Crippen LogP) is 1.84. The molecule has 1 heterocycles. The second-order valence-corrected chi connectivity index (χ2v) is 6.70. The molecule has 0 saturated carbocycles. The lowest BCUT2D eigenvalue weighted by Gasteiger charge is -2.25. The van der Waals surface area contributed by atoms with Gasteiger partial charge in [0.1, 0.15) is 0 Å². The van der Waals surface area contributed by atoms with E-state index in [9.17, 15) is 19.5 Å². The summed E-state index contributed by atoms with van der Waals surface area (Å²) >= 11 is 0. The van der Waals surface area contributed by atoms with Gasteiger partial charge in [-0.05, 0) is 35.9 Å². The molecule has 2 amide bonds. The molecule has 0 radical (unpaired) electrons. The summed E-state index contributed by atoms with van der Waals surface area (Å²) < 4.78 is 5.26. The minimum Gasteiger partial charge on any atom is -0.478 e. The van der Waals surface area contributed by atoms with Crippen molar-refractivity contribution >= 4 is 29.2 Å². The molecular formula is C21H23N3O5. The van der Waals surface area contributed by atoms with Gasteiger partial charge in [0.05, 0.1) is 31.7 Å². The first-order valence-electron chi connectivity index (χ1n) is 9.32. The highest BCUT2D eigenvalue weighted by Gasteiger charge is 2.15. The fraction of sp³-hybridized carbons (Fsp3) is 0.286. The van der Waals surface area contributed by atoms with Gasteiger partial charge in [-0.15, -0.1) is 0 Å². The van der Waals surface area contributed by atoms with Gasteiger partial charge in [-0.25, -0.2) is 4.79 Å². The van der Waals surface area contributed by atoms with Crippen molar-refractivity contribution in [3.63, 3.8) is 0 Å². The number of hydrogen-bond donors (Lipinski definition) is 3. The number of carbonyl (C=O) groups is 3. The SMILES string of the molecule is O=C(Cc1ccccc1C(=O)O)Nc1ccc(NC(=O)CN2CCOCC2)cc1. The normalized spacial score (nSPS) is 14.2. The Hall–Kier alpha value is -3.23. The highest BCUT2D eigenvalue weighted by Crippen LogP contribution is 2.15. The first-order valence-corrected chi connectivity index (χ1v) is 9.32. The van der Waals surface area contributed by atoms with Crippen LogP contribution in [0.15, 0.2) is 48.5 Å². The fourth-order valence-corrected chi connectivity index (χ4v) is 3.06. The Morgan fingerprint density at radius 2 is 1.48 bits per heavy atom. The number of nitrogens with zero attached hydrogens (tertiary/aromatic N) is 1. The summed E-state index contributed by atoms with van der Waals surface area (Å²) in [5, 5.41) is 14.8. The molecular weight excluding hydrogens is 374 g/mol. The molecule has 0 aliphatic carbocycles. The van der Waals surface area contributed by atoms with E-state index in [1.807, 2.05) is 4.90 Å². The maximum atomic E-state index is 12.3. The number of anilines is 2. The van der Waals surface area contributed by atoms with Gasteiger partial charge in [0, 0.05) is 24.5 Å². The Labute approximate surface area is 168 Å². The summed E-state index contributed by atoms with van der Waals surface area (Å²) in [5.74, 6) is -1.48. The number of ether oxygens (including phenoxy) is 1. The van der Waals surface area contributed by atoms with Crippen molar-refractivity contribution in [3.05, 3.63) is 59.7 Å². The number of rotatable bonds is 7. The number of aromatic carboxylic acids is 1. The Bertz CT molecular complexity index is 876. The lowest BCUT2D eigenvalue weighted by Crippen LogP contribution is -2.41. The van der Waals surface area contributed by atoms with Gasteiger partial charge in [0.2, 0.25) is 11.8 Å². The van der Waals surface area contributed by atoms with Gasteiger partial charge in [-0.3, -0.25) is 14.5 Å². The van der Waals surface area contributed by atoms with Crippen molar-refractivity contribution < 1.29 is 24.2 Å². The van der Waals surface area contributed by atoms with Gasteiger partial charge in [0.25, 0.3) is 0 Å². The van der Waals surface area contributed by atoms with E-state index in [4.69, 9.17) is 4.74 Å². The fourth-order valence-electron chi connectivity index (χ4n) is 3.06. The van der Waals surface area contributed by atoms with Gasteiger partial charge < -0.3 is 20.5 Å². The summed E-state index contributed by atoms with van der Waals surface area (Å²) in [6, 6.07) is 13.2. The first kappa shape index (κ1) is 20.5. The van der Waals surface area contributed by atoms with E-state index >= 15 is 0 Å². The van der Waals surface area contributed by atoms with Crippen LogP contribution < -0.4 is 10.6 Å². The first-order chi connectivity index (χ1) is 14.0. The lowest BCUT2D eigenvalue weighted by molar-refractivity contribution is -0.118. The smallest absolute Gasteiger partial charge is 0.335 e. The second-order valence-electron chi connectivity index (χ2n) is 6.70. The van der Waals surface area contributed by atoms with Crippen LogP contribution in [0.1, 0.15) is 15.9 Å². The van der Waals surface area contributed by atoms with Crippen LogP contribution in [0.2, 0.25) is 0 Å². The van der Waals surface area contributed by atoms with Crippen LogP contribution in [0.4, 0.5) is 11.4 Å². The summed E-state index contributed by atoms with van der Waals surface area (Å²) in [4.78, 5) is 37.6. The molecule has 1 saturated heterocycles. The van der Waals surface area contributed by atoms with E-state index in [2.05, 4.69) is 10.6 Å². The average molecular weight is 397 g/mol. The van der Waals surface area contributed by atoms with Crippen LogP contribution in [-0.4, -0.2) is 60.6 Å². The van der Waals surface area contributed by atoms with Crippen LogP contribution in [0.25, 0.3) is 0 Å². The zero-order chi connectivity index (χ0) is 20.6. The van der Waals surface area contributed by atoms with Crippen LogP contribution in [-0.2, 0) is 20.7 Å². The van der Waals surface area contributed by atoms with Gasteiger partial charge in [-0.1, -0.05) is 18.2 Å².